The van der Waals surface area contributed by atoms with Crippen LogP contribution in [0.25, 0.3) is 0 Å². The Hall–Kier alpha value is -1.44. The van der Waals surface area contributed by atoms with Crippen LogP contribution in [0, 0.1) is 3.57 Å². The average Bonchev–Trinajstić information content (AvgIpc) is 2.71. The highest BCUT2D eigenvalue weighted by Gasteiger charge is 2.46. The highest BCUT2D eigenvalue weighted by Crippen LogP contribution is 2.39. The second-order valence-electron chi connectivity index (χ2n) is 5.11. The number of amides is 1. The maximum atomic E-state index is 12.4. The fourth-order valence-electron chi connectivity index (χ4n) is 2.46. The maximum Gasteiger partial charge on any atom is 0.261 e. The van der Waals surface area contributed by atoms with Gasteiger partial charge in [0, 0.05) is 25.4 Å². The molecule has 1 aliphatic heterocycles. The topological polar surface area (TPSA) is 66.4 Å². The minimum absolute atomic E-state index is 0.312. The molecule has 112 valence electrons. The standard InChI is InChI=1S/C16H11ClINO3/c17-10-3-1-9(2-4-10)14(20)8-16(22)12-7-11(18)5-6-13(12)19-15(16)21/h1-7,22H,8H2,(H,19,21). The molecule has 1 heterocycles. The Morgan fingerprint density at radius 2 is 1.91 bits per heavy atom. The molecule has 0 radical (unpaired) electrons. The van der Waals surface area contributed by atoms with Crippen molar-refractivity contribution < 1.29 is 14.7 Å². The van der Waals surface area contributed by atoms with E-state index in [2.05, 4.69) is 27.9 Å². The third kappa shape index (κ3) is 2.64. The SMILES string of the molecule is O=C(CC1(O)C(=O)Nc2ccc(I)cc21)c1ccc(Cl)cc1. The number of hydrogen-bond donors (Lipinski definition) is 2. The lowest BCUT2D eigenvalue weighted by atomic mass is 9.88. The summed E-state index contributed by atoms with van der Waals surface area (Å²) in [6.45, 7) is 0. The van der Waals surface area contributed by atoms with Gasteiger partial charge in [-0.25, -0.2) is 0 Å². The Kier molecular flexibility index (Phi) is 3.96. The maximum absolute atomic E-state index is 12.4. The number of anilines is 1. The second kappa shape index (κ2) is 5.64. The Bertz CT molecular complexity index is 775. The van der Waals surface area contributed by atoms with E-state index in [0.29, 0.717) is 21.8 Å². The van der Waals surface area contributed by atoms with Crippen molar-refractivity contribution in [3.63, 3.8) is 0 Å². The van der Waals surface area contributed by atoms with Gasteiger partial charge in [-0.2, -0.15) is 0 Å². The molecule has 0 saturated heterocycles. The van der Waals surface area contributed by atoms with Crippen LogP contribution in [0.4, 0.5) is 5.69 Å². The van der Waals surface area contributed by atoms with E-state index < -0.39 is 11.5 Å². The molecule has 2 aromatic carbocycles. The van der Waals surface area contributed by atoms with Crippen molar-refractivity contribution >= 4 is 51.6 Å². The van der Waals surface area contributed by atoms with Crippen molar-refractivity contribution in [2.24, 2.45) is 0 Å². The molecule has 0 bridgehead atoms. The van der Waals surface area contributed by atoms with Gasteiger partial charge in [-0.05, 0) is 65.1 Å². The van der Waals surface area contributed by atoms with E-state index >= 15 is 0 Å². The van der Waals surface area contributed by atoms with Gasteiger partial charge in [0.05, 0.1) is 6.42 Å². The first kappa shape index (κ1) is 15.5. The van der Waals surface area contributed by atoms with Crippen LogP contribution in [0.2, 0.25) is 5.02 Å². The van der Waals surface area contributed by atoms with Crippen LogP contribution >= 0.6 is 34.2 Å². The summed E-state index contributed by atoms with van der Waals surface area (Å²) in [4.78, 5) is 24.5. The van der Waals surface area contributed by atoms with E-state index in [-0.39, 0.29) is 12.2 Å². The number of carbonyl (C=O) groups is 2. The first-order valence-corrected chi connectivity index (χ1v) is 7.98. The summed E-state index contributed by atoms with van der Waals surface area (Å²) >= 11 is 7.89. The molecule has 0 spiro atoms. The van der Waals surface area contributed by atoms with Crippen LogP contribution in [-0.4, -0.2) is 16.8 Å². The zero-order valence-corrected chi connectivity index (χ0v) is 14.2. The van der Waals surface area contributed by atoms with Crippen molar-refractivity contribution in [2.75, 3.05) is 5.32 Å². The van der Waals surface area contributed by atoms with Gasteiger partial charge in [-0.3, -0.25) is 9.59 Å². The predicted octanol–water partition coefficient (Wildman–Crippen LogP) is 3.36. The number of ketones is 1. The van der Waals surface area contributed by atoms with Gasteiger partial charge in [-0.1, -0.05) is 11.6 Å². The van der Waals surface area contributed by atoms with Gasteiger partial charge in [0.25, 0.3) is 5.91 Å². The quantitative estimate of drug-likeness (QED) is 0.583. The summed E-state index contributed by atoms with van der Waals surface area (Å²) in [7, 11) is 0. The van der Waals surface area contributed by atoms with Crippen molar-refractivity contribution in [1.82, 2.24) is 0 Å². The van der Waals surface area contributed by atoms with Crippen LogP contribution in [0.15, 0.2) is 42.5 Å². The number of hydrogen-bond acceptors (Lipinski definition) is 3. The summed E-state index contributed by atoms with van der Waals surface area (Å²) in [5.74, 6) is -0.896. The van der Waals surface area contributed by atoms with Gasteiger partial charge in [0.1, 0.15) is 0 Å². The minimum Gasteiger partial charge on any atom is -0.375 e. The molecule has 3 rings (SSSR count). The molecular formula is C16H11ClINO3. The average molecular weight is 428 g/mol. The molecule has 2 N–H and O–H groups in total. The van der Waals surface area contributed by atoms with Gasteiger partial charge < -0.3 is 10.4 Å². The highest BCUT2D eigenvalue weighted by molar-refractivity contribution is 14.1. The Labute approximate surface area is 145 Å². The third-order valence-corrected chi connectivity index (χ3v) is 4.56. The van der Waals surface area contributed by atoms with Crippen LogP contribution in [0.5, 0.6) is 0 Å². The minimum atomic E-state index is -1.84. The number of rotatable bonds is 3. The smallest absolute Gasteiger partial charge is 0.261 e. The number of benzene rings is 2. The van der Waals surface area contributed by atoms with E-state index in [0.717, 1.165) is 3.57 Å². The predicted molar refractivity (Wildman–Crippen MR) is 92.1 cm³/mol. The Balaban J connectivity index is 1.94. The number of aliphatic hydroxyl groups is 1. The van der Waals surface area contributed by atoms with Crippen LogP contribution < -0.4 is 5.32 Å². The largest absolute Gasteiger partial charge is 0.375 e. The molecule has 1 aliphatic rings. The second-order valence-corrected chi connectivity index (χ2v) is 6.79. The Morgan fingerprint density at radius 3 is 2.59 bits per heavy atom. The first-order valence-electron chi connectivity index (χ1n) is 6.53. The normalized spacial score (nSPS) is 19.7. The van der Waals surface area contributed by atoms with E-state index in [1.165, 1.54) is 0 Å². The lowest BCUT2D eigenvalue weighted by Gasteiger charge is -2.20. The zero-order chi connectivity index (χ0) is 15.9. The van der Waals surface area contributed by atoms with Gasteiger partial charge in [0.15, 0.2) is 11.4 Å². The van der Waals surface area contributed by atoms with E-state index in [9.17, 15) is 14.7 Å². The Morgan fingerprint density at radius 1 is 1.23 bits per heavy atom. The molecule has 0 fully saturated rings. The molecule has 0 saturated carbocycles. The van der Waals surface area contributed by atoms with Crippen molar-refractivity contribution in [3.8, 4) is 0 Å². The molecule has 22 heavy (non-hydrogen) atoms. The summed E-state index contributed by atoms with van der Waals surface area (Å²) in [6.07, 6.45) is -0.312. The molecule has 0 aromatic heterocycles. The summed E-state index contributed by atoms with van der Waals surface area (Å²) in [5, 5.41) is 13.9. The lowest BCUT2D eigenvalue weighted by molar-refractivity contribution is -0.133. The number of Topliss-reactive ketones (excluding diaryl/α,β-unsaturated/α-hetero) is 1. The monoisotopic (exact) mass is 427 g/mol. The summed E-state index contributed by atoms with van der Waals surface area (Å²) < 4.78 is 0.880. The fourth-order valence-corrected chi connectivity index (χ4v) is 3.08. The number of halogens is 2. The molecular weight excluding hydrogens is 417 g/mol. The highest BCUT2D eigenvalue weighted by atomic mass is 127. The number of nitrogens with one attached hydrogen (secondary N) is 1. The van der Waals surface area contributed by atoms with E-state index in [1.807, 2.05) is 6.07 Å². The van der Waals surface area contributed by atoms with Crippen molar-refractivity contribution in [2.45, 2.75) is 12.0 Å². The van der Waals surface area contributed by atoms with Crippen molar-refractivity contribution in [1.29, 1.82) is 0 Å². The van der Waals surface area contributed by atoms with Gasteiger partial charge >= 0.3 is 0 Å². The molecule has 2 aromatic rings. The lowest BCUT2D eigenvalue weighted by Crippen LogP contribution is -2.36. The summed E-state index contributed by atoms with van der Waals surface area (Å²) in [6, 6.07) is 11.6. The van der Waals surface area contributed by atoms with Crippen molar-refractivity contribution in [3.05, 3.63) is 62.2 Å². The first-order chi connectivity index (χ1) is 10.4. The van der Waals surface area contributed by atoms with E-state index in [4.69, 9.17) is 11.6 Å². The number of fused-ring (bicyclic) bond motifs is 1. The zero-order valence-electron chi connectivity index (χ0n) is 11.3. The van der Waals surface area contributed by atoms with Crippen LogP contribution in [0.3, 0.4) is 0 Å². The molecule has 1 atom stereocenters. The van der Waals surface area contributed by atoms with Crippen LogP contribution in [-0.2, 0) is 10.4 Å². The molecule has 1 unspecified atom stereocenters. The van der Waals surface area contributed by atoms with Gasteiger partial charge in [0.2, 0.25) is 0 Å². The molecule has 4 nitrogen and oxygen atoms in total. The third-order valence-electron chi connectivity index (χ3n) is 3.63. The van der Waals surface area contributed by atoms with E-state index in [1.54, 1.807) is 36.4 Å². The van der Waals surface area contributed by atoms with Crippen LogP contribution in [0.1, 0.15) is 22.3 Å². The molecule has 0 aliphatic carbocycles. The fraction of sp³-hybridized carbons (Fsp3) is 0.125. The number of carbonyl (C=O) groups excluding carboxylic acids is 2. The van der Waals surface area contributed by atoms with Gasteiger partial charge in [-0.15, -0.1) is 0 Å². The molecule has 6 heteroatoms. The molecule has 1 amide bonds. The summed E-state index contributed by atoms with van der Waals surface area (Å²) in [5.41, 5.74) is -0.457.